The Bertz CT molecular complexity index is 2480. The van der Waals surface area contributed by atoms with Crippen LogP contribution in [0.1, 0.15) is 51.8 Å². The Labute approximate surface area is 284 Å². The van der Waals surface area contributed by atoms with Crippen molar-refractivity contribution in [1.29, 1.82) is 0 Å². The van der Waals surface area contributed by atoms with Crippen LogP contribution in [0.15, 0.2) is 121 Å². The summed E-state index contributed by atoms with van der Waals surface area (Å²) in [6, 6.07) is 39.2. The molecule has 0 amide bonds. The van der Waals surface area contributed by atoms with Crippen LogP contribution >= 0.6 is 0 Å². The zero-order valence-electron chi connectivity index (χ0n) is 28.6. The van der Waals surface area contributed by atoms with Crippen molar-refractivity contribution in [3.8, 4) is 33.4 Å². The van der Waals surface area contributed by atoms with E-state index in [-0.39, 0.29) is 0 Å². The Morgan fingerprint density at radius 2 is 0.958 bits per heavy atom. The van der Waals surface area contributed by atoms with E-state index in [4.69, 9.17) is 0 Å². The number of fused-ring (bicyclic) bond motifs is 5. The van der Waals surface area contributed by atoms with Gasteiger partial charge < -0.3 is 0 Å². The molecule has 0 fully saturated rings. The molecule has 0 saturated carbocycles. The molecule has 7 aromatic rings. The lowest BCUT2D eigenvalue weighted by Gasteiger charge is -2.24. The van der Waals surface area contributed by atoms with E-state index in [0.717, 1.165) is 6.42 Å². The zero-order chi connectivity index (χ0) is 32.7. The van der Waals surface area contributed by atoms with Crippen LogP contribution in [-0.4, -0.2) is 0 Å². The minimum atomic E-state index is 1.10. The Hall–Kier alpha value is -5.20. The van der Waals surface area contributed by atoms with Crippen molar-refractivity contribution in [2.75, 3.05) is 0 Å². The summed E-state index contributed by atoms with van der Waals surface area (Å²) in [4.78, 5) is 0. The third kappa shape index (κ3) is 4.15. The Morgan fingerprint density at radius 3 is 1.58 bits per heavy atom. The van der Waals surface area contributed by atoms with Crippen LogP contribution in [0.4, 0.5) is 0 Å². The molecule has 48 heavy (non-hydrogen) atoms. The van der Waals surface area contributed by atoms with Crippen LogP contribution in [0.2, 0.25) is 0 Å². The van der Waals surface area contributed by atoms with E-state index in [1.54, 1.807) is 5.57 Å². The Morgan fingerprint density at radius 1 is 0.438 bits per heavy atom. The summed E-state index contributed by atoms with van der Waals surface area (Å²) in [5, 5.41) is 7.84. The van der Waals surface area contributed by atoms with Crippen LogP contribution in [0.25, 0.3) is 71.3 Å². The van der Waals surface area contributed by atoms with Crippen molar-refractivity contribution in [2.24, 2.45) is 0 Å². The van der Waals surface area contributed by atoms with Crippen molar-refractivity contribution in [3.63, 3.8) is 0 Å². The standard InChI is InChI=1S/C48H40/c1-28-29(2)31(4)46(32(5)30(28)3)48-42-20-12-10-18-40(42)47(41-19-11-13-21-43(41)48)44-25-24-37(38-16-8-9-17-39(38)44)35-23-22-34-26-33-14-6-7-15-36(33)45(34)27-35/h7-13,15-25,27H,6,14,26H2,1-5H3. The number of allylic oxidation sites excluding steroid dienone is 4. The van der Waals surface area contributed by atoms with Gasteiger partial charge in [0.1, 0.15) is 0 Å². The topological polar surface area (TPSA) is 0 Å². The highest BCUT2D eigenvalue weighted by molar-refractivity contribution is 6.24. The van der Waals surface area contributed by atoms with E-state index in [1.807, 2.05) is 0 Å². The van der Waals surface area contributed by atoms with E-state index >= 15 is 0 Å². The summed E-state index contributed by atoms with van der Waals surface area (Å²) in [6.45, 7) is 11.5. The third-order valence-electron chi connectivity index (χ3n) is 11.8. The van der Waals surface area contributed by atoms with Crippen molar-refractivity contribution in [3.05, 3.63) is 160 Å². The molecule has 2 aliphatic rings. The fourth-order valence-electron chi connectivity index (χ4n) is 8.89. The molecule has 7 aromatic carbocycles. The molecular weight excluding hydrogens is 577 g/mol. The molecule has 2 aliphatic carbocycles. The highest BCUT2D eigenvalue weighted by atomic mass is 14.3. The van der Waals surface area contributed by atoms with E-state index in [9.17, 15) is 0 Å². The lowest BCUT2D eigenvalue weighted by Crippen LogP contribution is -2.01. The van der Waals surface area contributed by atoms with Gasteiger partial charge >= 0.3 is 0 Å². The minimum absolute atomic E-state index is 1.10. The molecule has 0 nitrogen and oxygen atoms in total. The van der Waals surface area contributed by atoms with Gasteiger partial charge in [-0.1, -0.05) is 115 Å². The van der Waals surface area contributed by atoms with Gasteiger partial charge in [0.05, 0.1) is 0 Å². The summed E-state index contributed by atoms with van der Waals surface area (Å²) < 4.78 is 0. The van der Waals surface area contributed by atoms with Gasteiger partial charge in [-0.3, -0.25) is 0 Å². The van der Waals surface area contributed by atoms with E-state index < -0.39 is 0 Å². The first-order valence-electron chi connectivity index (χ1n) is 17.5. The quantitative estimate of drug-likeness (QED) is 0.173. The number of hydrogen-bond acceptors (Lipinski definition) is 0. The second-order valence-electron chi connectivity index (χ2n) is 14.1. The molecule has 0 saturated heterocycles. The molecule has 0 aliphatic heterocycles. The maximum atomic E-state index is 2.45. The average Bonchev–Trinajstić information content (AvgIpc) is 3.51. The molecular formula is C48H40. The summed E-state index contributed by atoms with van der Waals surface area (Å²) in [5.74, 6) is 0. The monoisotopic (exact) mass is 616 g/mol. The fraction of sp³-hybridized carbons (Fsp3) is 0.167. The predicted octanol–water partition coefficient (Wildman–Crippen LogP) is 13.3. The smallest absolute Gasteiger partial charge is 0.00201 e. The molecule has 232 valence electrons. The molecule has 0 bridgehead atoms. The van der Waals surface area contributed by atoms with Crippen molar-refractivity contribution >= 4 is 37.9 Å². The van der Waals surface area contributed by atoms with Gasteiger partial charge in [-0.15, -0.1) is 0 Å². The fourth-order valence-corrected chi connectivity index (χ4v) is 8.89. The molecule has 0 aromatic heterocycles. The molecule has 0 unspecified atom stereocenters. The molecule has 0 heterocycles. The maximum Gasteiger partial charge on any atom is -0.00201 e. The van der Waals surface area contributed by atoms with Gasteiger partial charge in [0, 0.05) is 0 Å². The van der Waals surface area contributed by atoms with E-state index in [1.165, 1.54) is 123 Å². The molecule has 0 heteroatoms. The van der Waals surface area contributed by atoms with Crippen LogP contribution in [0, 0.1) is 34.6 Å². The van der Waals surface area contributed by atoms with Crippen molar-refractivity contribution in [1.82, 2.24) is 0 Å². The summed E-state index contributed by atoms with van der Waals surface area (Å²) in [7, 11) is 0. The predicted molar refractivity (Wildman–Crippen MR) is 208 cm³/mol. The van der Waals surface area contributed by atoms with Gasteiger partial charge in [-0.25, -0.2) is 0 Å². The average molecular weight is 617 g/mol. The zero-order valence-corrected chi connectivity index (χ0v) is 28.6. The minimum Gasteiger partial charge on any atom is -0.0836 e. The van der Waals surface area contributed by atoms with Crippen LogP contribution < -0.4 is 0 Å². The largest absolute Gasteiger partial charge is 0.0836 e. The first kappa shape index (κ1) is 29.0. The number of rotatable bonds is 3. The lowest BCUT2D eigenvalue weighted by atomic mass is 9.80. The molecule has 0 radical (unpaired) electrons. The van der Waals surface area contributed by atoms with Crippen molar-refractivity contribution < 1.29 is 0 Å². The van der Waals surface area contributed by atoms with Gasteiger partial charge in [-0.05, 0) is 170 Å². The highest BCUT2D eigenvalue weighted by Crippen LogP contribution is 2.49. The third-order valence-corrected chi connectivity index (χ3v) is 11.8. The van der Waals surface area contributed by atoms with E-state index in [0.29, 0.717) is 0 Å². The summed E-state index contributed by atoms with van der Waals surface area (Å²) in [5.41, 5.74) is 20.9. The number of hydrogen-bond donors (Lipinski definition) is 0. The lowest BCUT2D eigenvalue weighted by molar-refractivity contribution is 0.935. The van der Waals surface area contributed by atoms with Gasteiger partial charge in [0.15, 0.2) is 0 Å². The van der Waals surface area contributed by atoms with Crippen LogP contribution in [0.5, 0.6) is 0 Å². The van der Waals surface area contributed by atoms with Gasteiger partial charge in [-0.2, -0.15) is 0 Å². The molecule has 9 rings (SSSR count). The summed E-state index contributed by atoms with van der Waals surface area (Å²) in [6.07, 6.45) is 8.16. The Kier molecular flexibility index (Phi) is 6.60. The van der Waals surface area contributed by atoms with Crippen LogP contribution in [0.3, 0.4) is 0 Å². The van der Waals surface area contributed by atoms with Gasteiger partial charge in [0.25, 0.3) is 0 Å². The first-order chi connectivity index (χ1) is 23.4. The highest BCUT2D eigenvalue weighted by Gasteiger charge is 2.24. The molecule has 0 N–H and O–H groups in total. The number of benzene rings is 7. The second kappa shape index (κ2) is 10.9. The maximum absolute atomic E-state index is 2.45. The van der Waals surface area contributed by atoms with Gasteiger partial charge in [0.2, 0.25) is 0 Å². The first-order valence-corrected chi connectivity index (χ1v) is 17.5. The molecule has 0 spiro atoms. The van der Waals surface area contributed by atoms with Crippen molar-refractivity contribution in [2.45, 2.75) is 53.9 Å². The summed E-state index contributed by atoms with van der Waals surface area (Å²) >= 11 is 0. The second-order valence-corrected chi connectivity index (χ2v) is 14.1. The Balaban J connectivity index is 1.32. The van der Waals surface area contributed by atoms with Crippen LogP contribution in [-0.2, 0) is 6.42 Å². The normalized spacial score (nSPS) is 13.9. The molecule has 0 atom stereocenters. The van der Waals surface area contributed by atoms with E-state index in [2.05, 4.69) is 150 Å². The SMILES string of the molecule is Cc1c(C)c(C)c(-c2c3ccccc3c(-c3ccc(-c4ccc5c(c4)C4=C(CCC=C4)C5)c4ccccc34)c3ccccc23)c(C)c1C.